The summed E-state index contributed by atoms with van der Waals surface area (Å²) >= 11 is 1.42. The SMILES string of the molecule is CCCC(CC(=O)O)NC(=O)Nc1nc(CC)c(C)s1. The Bertz CT molecular complexity index is 473. The lowest BCUT2D eigenvalue weighted by Crippen LogP contribution is -2.39. The molecule has 0 spiro atoms. The number of urea groups is 1. The van der Waals surface area contributed by atoms with Gasteiger partial charge < -0.3 is 10.4 Å². The van der Waals surface area contributed by atoms with Crippen LogP contribution in [-0.4, -0.2) is 28.1 Å². The molecule has 0 aliphatic heterocycles. The summed E-state index contributed by atoms with van der Waals surface area (Å²) in [6, 6.07) is -0.759. The molecular formula is C13H21N3O3S. The first kappa shape index (κ1) is 16.4. The molecule has 112 valence electrons. The molecule has 1 aromatic rings. The molecule has 0 bridgehead atoms. The van der Waals surface area contributed by atoms with Gasteiger partial charge in [0, 0.05) is 10.9 Å². The molecule has 7 heteroatoms. The van der Waals surface area contributed by atoms with Gasteiger partial charge in [-0.2, -0.15) is 0 Å². The van der Waals surface area contributed by atoms with E-state index < -0.39 is 12.0 Å². The van der Waals surface area contributed by atoms with Crippen LogP contribution in [0.3, 0.4) is 0 Å². The molecule has 0 radical (unpaired) electrons. The maximum atomic E-state index is 11.8. The molecule has 3 N–H and O–H groups in total. The lowest BCUT2D eigenvalue weighted by Gasteiger charge is -2.15. The van der Waals surface area contributed by atoms with Gasteiger partial charge in [0.25, 0.3) is 0 Å². The highest BCUT2D eigenvalue weighted by atomic mass is 32.1. The maximum absolute atomic E-state index is 11.8. The lowest BCUT2D eigenvalue weighted by atomic mass is 10.1. The van der Waals surface area contributed by atoms with Crippen molar-refractivity contribution in [2.75, 3.05) is 5.32 Å². The summed E-state index contributed by atoms with van der Waals surface area (Å²) in [7, 11) is 0. The zero-order valence-corrected chi connectivity index (χ0v) is 12.8. The monoisotopic (exact) mass is 299 g/mol. The first-order valence-corrected chi connectivity index (χ1v) is 7.53. The molecule has 6 nitrogen and oxygen atoms in total. The fraction of sp³-hybridized carbons (Fsp3) is 0.615. The van der Waals surface area contributed by atoms with Crippen molar-refractivity contribution in [3.05, 3.63) is 10.6 Å². The number of nitrogens with one attached hydrogen (secondary N) is 2. The number of aryl methyl sites for hydroxylation is 2. The molecule has 0 aliphatic rings. The molecule has 1 atom stereocenters. The number of anilines is 1. The number of carbonyl (C=O) groups excluding carboxylic acids is 1. The Balaban J connectivity index is 2.57. The molecule has 20 heavy (non-hydrogen) atoms. The van der Waals surface area contributed by atoms with Gasteiger partial charge in [-0.05, 0) is 19.8 Å². The number of aliphatic carboxylic acids is 1. The standard InChI is InChI=1S/C13H21N3O3S/c1-4-6-9(7-11(17)18)14-12(19)16-13-15-10(5-2)8(3)20-13/h9H,4-7H2,1-3H3,(H,17,18)(H2,14,15,16,19). The van der Waals surface area contributed by atoms with Crippen molar-refractivity contribution in [3.8, 4) is 0 Å². The van der Waals surface area contributed by atoms with Gasteiger partial charge in [0.2, 0.25) is 0 Å². The molecule has 1 heterocycles. The third-order valence-electron chi connectivity index (χ3n) is 2.84. The van der Waals surface area contributed by atoms with Gasteiger partial charge in [0.1, 0.15) is 0 Å². The molecule has 1 rings (SSSR count). The third kappa shape index (κ3) is 5.16. The second kappa shape index (κ2) is 7.84. The van der Waals surface area contributed by atoms with E-state index in [-0.39, 0.29) is 12.5 Å². The zero-order chi connectivity index (χ0) is 15.1. The van der Waals surface area contributed by atoms with E-state index in [0.29, 0.717) is 11.6 Å². The molecule has 1 aromatic heterocycles. The number of aromatic nitrogens is 1. The number of carbonyl (C=O) groups is 2. The van der Waals surface area contributed by atoms with E-state index >= 15 is 0 Å². The van der Waals surface area contributed by atoms with Crippen LogP contribution in [0.15, 0.2) is 0 Å². The van der Waals surface area contributed by atoms with Crippen LogP contribution in [0.5, 0.6) is 0 Å². The van der Waals surface area contributed by atoms with Crippen LogP contribution in [0.1, 0.15) is 43.7 Å². The molecule has 0 fully saturated rings. The maximum Gasteiger partial charge on any atom is 0.321 e. The lowest BCUT2D eigenvalue weighted by molar-refractivity contribution is -0.137. The number of carboxylic acid groups (broad SMARTS) is 1. The second-order valence-corrected chi connectivity index (χ2v) is 5.76. The Morgan fingerprint density at radius 3 is 2.60 bits per heavy atom. The molecule has 0 saturated heterocycles. The Labute approximate surface area is 122 Å². The van der Waals surface area contributed by atoms with E-state index in [1.165, 1.54) is 11.3 Å². The number of nitrogens with zero attached hydrogens (tertiary/aromatic N) is 1. The number of hydrogen-bond acceptors (Lipinski definition) is 4. The fourth-order valence-corrected chi connectivity index (χ4v) is 2.81. The van der Waals surface area contributed by atoms with E-state index in [1.54, 1.807) is 0 Å². The molecule has 0 aliphatic carbocycles. The van der Waals surface area contributed by atoms with Crippen LogP contribution in [0.4, 0.5) is 9.93 Å². The summed E-state index contributed by atoms with van der Waals surface area (Å²) in [6.07, 6.45) is 2.20. The van der Waals surface area contributed by atoms with Gasteiger partial charge in [-0.15, -0.1) is 11.3 Å². The van der Waals surface area contributed by atoms with E-state index in [2.05, 4.69) is 15.6 Å². The number of carboxylic acids is 1. The van der Waals surface area contributed by atoms with Crippen molar-refractivity contribution in [2.45, 2.75) is 52.5 Å². The van der Waals surface area contributed by atoms with Crippen molar-refractivity contribution in [1.29, 1.82) is 0 Å². The average molecular weight is 299 g/mol. The Morgan fingerprint density at radius 2 is 2.10 bits per heavy atom. The number of thiazole rings is 1. The smallest absolute Gasteiger partial charge is 0.321 e. The van der Waals surface area contributed by atoms with Crippen LogP contribution < -0.4 is 10.6 Å². The van der Waals surface area contributed by atoms with Crippen molar-refractivity contribution < 1.29 is 14.7 Å². The normalized spacial score (nSPS) is 11.9. The highest BCUT2D eigenvalue weighted by Crippen LogP contribution is 2.22. The molecule has 2 amide bonds. The zero-order valence-electron chi connectivity index (χ0n) is 12.0. The Morgan fingerprint density at radius 1 is 1.40 bits per heavy atom. The Kier molecular flexibility index (Phi) is 6.44. The van der Waals surface area contributed by atoms with Crippen LogP contribution in [0.2, 0.25) is 0 Å². The fourth-order valence-electron chi connectivity index (χ4n) is 1.91. The first-order valence-electron chi connectivity index (χ1n) is 6.71. The summed E-state index contributed by atoms with van der Waals surface area (Å²) in [5, 5.41) is 14.7. The summed E-state index contributed by atoms with van der Waals surface area (Å²) in [5.74, 6) is -0.915. The number of hydrogen-bond donors (Lipinski definition) is 3. The summed E-state index contributed by atoms with van der Waals surface area (Å²) in [5.41, 5.74) is 0.973. The number of amides is 2. The van der Waals surface area contributed by atoms with Crippen LogP contribution in [-0.2, 0) is 11.2 Å². The predicted molar refractivity (Wildman–Crippen MR) is 79.3 cm³/mol. The van der Waals surface area contributed by atoms with Crippen molar-refractivity contribution in [1.82, 2.24) is 10.3 Å². The van der Waals surface area contributed by atoms with Crippen LogP contribution >= 0.6 is 11.3 Å². The molecular weight excluding hydrogens is 278 g/mol. The molecule has 0 saturated carbocycles. The predicted octanol–water partition coefficient (Wildman–Crippen LogP) is 2.78. The first-order chi connectivity index (χ1) is 9.46. The molecule has 1 unspecified atom stereocenters. The number of rotatable bonds is 7. The minimum Gasteiger partial charge on any atom is -0.481 e. The quantitative estimate of drug-likeness (QED) is 0.722. The van der Waals surface area contributed by atoms with Gasteiger partial charge in [-0.25, -0.2) is 9.78 Å². The highest BCUT2D eigenvalue weighted by molar-refractivity contribution is 7.15. The van der Waals surface area contributed by atoms with Gasteiger partial charge in [0.05, 0.1) is 12.1 Å². The van der Waals surface area contributed by atoms with Gasteiger partial charge >= 0.3 is 12.0 Å². The van der Waals surface area contributed by atoms with Gasteiger partial charge in [0.15, 0.2) is 5.13 Å². The third-order valence-corrected chi connectivity index (χ3v) is 3.77. The van der Waals surface area contributed by atoms with Crippen molar-refractivity contribution in [3.63, 3.8) is 0 Å². The summed E-state index contributed by atoms with van der Waals surface area (Å²) < 4.78 is 0. The largest absolute Gasteiger partial charge is 0.481 e. The van der Waals surface area contributed by atoms with Crippen molar-refractivity contribution >= 4 is 28.5 Å². The minimum atomic E-state index is -0.915. The van der Waals surface area contributed by atoms with E-state index in [1.807, 2.05) is 20.8 Å². The van der Waals surface area contributed by atoms with E-state index in [0.717, 1.165) is 23.4 Å². The van der Waals surface area contributed by atoms with Crippen molar-refractivity contribution in [2.24, 2.45) is 0 Å². The van der Waals surface area contributed by atoms with Crippen LogP contribution in [0.25, 0.3) is 0 Å². The van der Waals surface area contributed by atoms with E-state index in [9.17, 15) is 9.59 Å². The highest BCUT2D eigenvalue weighted by Gasteiger charge is 2.16. The topological polar surface area (TPSA) is 91.3 Å². The van der Waals surface area contributed by atoms with Gasteiger partial charge in [-0.1, -0.05) is 20.3 Å². The van der Waals surface area contributed by atoms with Crippen LogP contribution in [0, 0.1) is 6.92 Å². The second-order valence-electron chi connectivity index (χ2n) is 4.56. The summed E-state index contributed by atoms with van der Waals surface area (Å²) in [4.78, 5) is 28.0. The Hall–Kier alpha value is -1.63. The molecule has 0 aromatic carbocycles. The summed E-state index contributed by atoms with van der Waals surface area (Å²) in [6.45, 7) is 5.92. The van der Waals surface area contributed by atoms with E-state index in [4.69, 9.17) is 5.11 Å². The average Bonchev–Trinajstić information content (AvgIpc) is 2.68. The van der Waals surface area contributed by atoms with Gasteiger partial charge in [-0.3, -0.25) is 10.1 Å². The minimum absolute atomic E-state index is 0.0711.